The molecule has 1 aliphatic rings. The van der Waals surface area contributed by atoms with E-state index in [9.17, 15) is 9.59 Å². The standard InChI is InChI=1S/C24H23ClN4O3/c1-14(2)29-11-16(8-17(25)12-32-13-29)18-9-19-22(30)20(23(26)31)10-27-24(19)28-21(18)15-6-4-3-5-7-15/h3-11,14H,12-13H2,1-2H3,(H2,26,31)(H,27,28,30)/b16-11+,17-8+. The van der Waals surface area contributed by atoms with Crippen LogP contribution in [0.25, 0.3) is 27.9 Å². The number of hydrogen-bond acceptors (Lipinski definition) is 5. The Morgan fingerprint density at radius 2 is 2.03 bits per heavy atom. The predicted octanol–water partition coefficient (Wildman–Crippen LogP) is 3.85. The van der Waals surface area contributed by atoms with Crippen molar-refractivity contribution in [2.24, 2.45) is 5.73 Å². The number of nitrogens with two attached hydrogens (primary N) is 1. The molecule has 0 unspecified atom stereocenters. The van der Waals surface area contributed by atoms with Gasteiger partial charge in [0.2, 0.25) is 5.43 Å². The molecule has 3 aromatic rings. The summed E-state index contributed by atoms with van der Waals surface area (Å²) in [5.74, 6) is -0.793. The molecule has 1 aromatic carbocycles. The number of aromatic amines is 1. The highest BCUT2D eigenvalue weighted by Gasteiger charge is 2.19. The van der Waals surface area contributed by atoms with E-state index in [-0.39, 0.29) is 23.6 Å². The number of nitrogens with zero attached hydrogens (tertiary/aromatic N) is 2. The molecule has 32 heavy (non-hydrogen) atoms. The number of benzene rings is 1. The van der Waals surface area contributed by atoms with Crippen LogP contribution in [0.5, 0.6) is 0 Å². The lowest BCUT2D eigenvalue weighted by Crippen LogP contribution is -2.29. The predicted molar refractivity (Wildman–Crippen MR) is 126 cm³/mol. The average molecular weight is 451 g/mol. The van der Waals surface area contributed by atoms with Gasteiger partial charge in [-0.1, -0.05) is 41.9 Å². The number of ether oxygens (including phenoxy) is 1. The quantitative estimate of drug-likeness (QED) is 0.628. The van der Waals surface area contributed by atoms with Gasteiger partial charge in [-0.2, -0.15) is 0 Å². The minimum absolute atomic E-state index is 0.116. The smallest absolute Gasteiger partial charge is 0.254 e. The van der Waals surface area contributed by atoms with Crippen LogP contribution in [-0.4, -0.2) is 40.2 Å². The van der Waals surface area contributed by atoms with E-state index in [2.05, 4.69) is 18.8 Å². The Labute approximate surface area is 190 Å². The summed E-state index contributed by atoms with van der Waals surface area (Å²) in [5.41, 5.74) is 8.21. The van der Waals surface area contributed by atoms with Crippen molar-refractivity contribution in [2.75, 3.05) is 13.3 Å². The first-order chi connectivity index (χ1) is 15.3. The second kappa shape index (κ2) is 8.98. The normalized spacial score (nSPS) is 17.9. The maximum atomic E-state index is 13.0. The van der Waals surface area contributed by atoms with Gasteiger partial charge in [0, 0.05) is 40.2 Å². The Kier molecular flexibility index (Phi) is 6.12. The zero-order valence-electron chi connectivity index (χ0n) is 17.8. The molecule has 164 valence electrons. The van der Waals surface area contributed by atoms with E-state index in [0.717, 1.165) is 11.1 Å². The number of nitrogens with one attached hydrogen (secondary N) is 1. The molecule has 7 nitrogen and oxygen atoms in total. The van der Waals surface area contributed by atoms with Crippen molar-refractivity contribution in [3.05, 3.63) is 81.3 Å². The van der Waals surface area contributed by atoms with Crippen molar-refractivity contribution < 1.29 is 9.53 Å². The fraction of sp³-hybridized carbons (Fsp3) is 0.208. The van der Waals surface area contributed by atoms with E-state index in [1.54, 1.807) is 6.07 Å². The molecule has 1 amide bonds. The molecule has 1 aliphatic heterocycles. The topological polar surface area (TPSA) is 101 Å². The molecule has 0 spiro atoms. The first-order valence-electron chi connectivity index (χ1n) is 10.2. The molecule has 0 atom stereocenters. The molecule has 0 bridgehead atoms. The van der Waals surface area contributed by atoms with Gasteiger partial charge in [0.15, 0.2) is 0 Å². The van der Waals surface area contributed by atoms with E-state index in [1.807, 2.05) is 47.5 Å². The lowest BCUT2D eigenvalue weighted by atomic mass is 9.97. The molecule has 4 rings (SSSR count). The zero-order valence-corrected chi connectivity index (χ0v) is 18.5. The van der Waals surface area contributed by atoms with E-state index >= 15 is 0 Å². The fourth-order valence-electron chi connectivity index (χ4n) is 3.52. The van der Waals surface area contributed by atoms with Crippen molar-refractivity contribution in [2.45, 2.75) is 19.9 Å². The molecular weight excluding hydrogens is 428 g/mol. The number of halogens is 1. The summed E-state index contributed by atoms with van der Waals surface area (Å²) < 4.78 is 5.65. The van der Waals surface area contributed by atoms with Gasteiger partial charge >= 0.3 is 0 Å². The Morgan fingerprint density at radius 3 is 2.72 bits per heavy atom. The summed E-state index contributed by atoms with van der Waals surface area (Å²) >= 11 is 6.41. The van der Waals surface area contributed by atoms with Crippen molar-refractivity contribution in [3.63, 3.8) is 0 Å². The van der Waals surface area contributed by atoms with Gasteiger partial charge in [0.25, 0.3) is 5.91 Å². The number of pyridine rings is 2. The lowest BCUT2D eigenvalue weighted by Gasteiger charge is -2.27. The van der Waals surface area contributed by atoms with Gasteiger partial charge in [-0.25, -0.2) is 4.98 Å². The molecule has 8 heteroatoms. The van der Waals surface area contributed by atoms with E-state index in [4.69, 9.17) is 27.1 Å². The van der Waals surface area contributed by atoms with E-state index in [1.165, 1.54) is 6.20 Å². The van der Waals surface area contributed by atoms with Crippen LogP contribution in [0.2, 0.25) is 0 Å². The molecule has 3 heterocycles. The molecule has 0 saturated carbocycles. The number of fused-ring (bicyclic) bond motifs is 1. The lowest BCUT2D eigenvalue weighted by molar-refractivity contribution is 0.0548. The molecule has 0 saturated heterocycles. The van der Waals surface area contributed by atoms with Crippen LogP contribution < -0.4 is 11.2 Å². The number of allylic oxidation sites excluding steroid dienone is 2. The second-order valence-corrected chi connectivity index (χ2v) is 8.29. The maximum absolute atomic E-state index is 13.0. The van der Waals surface area contributed by atoms with E-state index < -0.39 is 11.3 Å². The zero-order chi connectivity index (χ0) is 22.8. The summed E-state index contributed by atoms with van der Waals surface area (Å²) in [5, 5.41) is 0.800. The fourth-order valence-corrected chi connectivity index (χ4v) is 3.72. The van der Waals surface area contributed by atoms with Crippen LogP contribution in [0.4, 0.5) is 0 Å². The van der Waals surface area contributed by atoms with Crippen molar-refractivity contribution in [1.29, 1.82) is 0 Å². The number of primary amides is 1. The van der Waals surface area contributed by atoms with Crippen LogP contribution in [0.3, 0.4) is 0 Å². The molecule has 0 radical (unpaired) electrons. The average Bonchev–Trinajstić information content (AvgIpc) is 2.75. The minimum atomic E-state index is -0.793. The molecule has 0 aliphatic carbocycles. The molecule has 2 aromatic heterocycles. The number of aromatic nitrogens is 2. The summed E-state index contributed by atoms with van der Waals surface area (Å²) in [6.45, 7) is 4.77. The Morgan fingerprint density at radius 1 is 1.28 bits per heavy atom. The van der Waals surface area contributed by atoms with Gasteiger partial charge in [0.1, 0.15) is 17.9 Å². The minimum Gasteiger partial charge on any atom is -0.365 e. The number of rotatable bonds is 4. The summed E-state index contributed by atoms with van der Waals surface area (Å²) in [6.07, 6.45) is 5.07. The van der Waals surface area contributed by atoms with Crippen LogP contribution in [0, 0.1) is 0 Å². The number of carbonyl (C=O) groups excluding carboxylic acids is 1. The van der Waals surface area contributed by atoms with Crippen LogP contribution >= 0.6 is 11.6 Å². The first kappa shape index (κ1) is 21.8. The molecular formula is C24H23ClN4O3. The van der Waals surface area contributed by atoms with Crippen molar-refractivity contribution >= 4 is 34.1 Å². The monoisotopic (exact) mass is 450 g/mol. The number of H-pyrrole nitrogens is 1. The number of carbonyl (C=O) groups is 1. The molecule has 0 fully saturated rings. The SMILES string of the molecule is CC(C)N1/C=C(c2cc3c(=O)c(C(N)=O)c[nH]c3nc2-c2ccccc2)\C=C(\Cl)COC1. The Bertz CT molecular complexity index is 1300. The van der Waals surface area contributed by atoms with Gasteiger partial charge in [-0.3, -0.25) is 9.59 Å². The van der Waals surface area contributed by atoms with Crippen molar-refractivity contribution in [1.82, 2.24) is 14.9 Å². The highest BCUT2D eigenvalue weighted by Crippen LogP contribution is 2.32. The molecule has 3 N–H and O–H groups in total. The van der Waals surface area contributed by atoms with Crippen LogP contribution in [0.15, 0.2) is 64.7 Å². The summed E-state index contributed by atoms with van der Waals surface area (Å²) in [7, 11) is 0. The van der Waals surface area contributed by atoms with E-state index in [0.29, 0.717) is 28.7 Å². The summed E-state index contributed by atoms with van der Waals surface area (Å²) in [4.78, 5) is 34.4. The van der Waals surface area contributed by atoms with Gasteiger partial charge < -0.3 is 20.4 Å². The Hall–Kier alpha value is -3.42. The second-order valence-electron chi connectivity index (χ2n) is 7.80. The first-order valence-corrected chi connectivity index (χ1v) is 10.6. The maximum Gasteiger partial charge on any atom is 0.254 e. The van der Waals surface area contributed by atoms with Crippen molar-refractivity contribution in [3.8, 4) is 11.3 Å². The number of hydrogen-bond donors (Lipinski definition) is 2. The summed E-state index contributed by atoms with van der Waals surface area (Å²) in [6, 6.07) is 11.6. The highest BCUT2D eigenvalue weighted by atomic mass is 35.5. The Balaban J connectivity index is 2.05. The third kappa shape index (κ3) is 4.30. The van der Waals surface area contributed by atoms with Crippen LogP contribution in [-0.2, 0) is 4.74 Å². The highest BCUT2D eigenvalue weighted by molar-refractivity contribution is 6.30. The van der Waals surface area contributed by atoms with Gasteiger partial charge in [-0.05, 0) is 26.0 Å². The third-order valence-corrected chi connectivity index (χ3v) is 5.47. The number of amides is 1. The van der Waals surface area contributed by atoms with Crippen LogP contribution in [0.1, 0.15) is 29.8 Å². The largest absolute Gasteiger partial charge is 0.365 e. The van der Waals surface area contributed by atoms with Gasteiger partial charge in [-0.15, -0.1) is 0 Å². The van der Waals surface area contributed by atoms with Gasteiger partial charge in [0.05, 0.1) is 17.7 Å². The third-order valence-electron chi connectivity index (χ3n) is 5.25.